The van der Waals surface area contributed by atoms with Crippen LogP contribution in [-0.4, -0.2) is 28.1 Å². The van der Waals surface area contributed by atoms with E-state index in [1.165, 1.54) is 19.3 Å². The van der Waals surface area contributed by atoms with E-state index in [4.69, 9.17) is 5.11 Å². The summed E-state index contributed by atoms with van der Waals surface area (Å²) in [6, 6.07) is 0. The number of carboxylic acids is 1. The van der Waals surface area contributed by atoms with E-state index >= 15 is 0 Å². The molecule has 0 aromatic rings. The molecule has 0 spiro atoms. The summed E-state index contributed by atoms with van der Waals surface area (Å²) in [6.45, 7) is 2.18. The lowest BCUT2D eigenvalue weighted by Gasteiger charge is -2.16. The highest BCUT2D eigenvalue weighted by Gasteiger charge is 2.32. The van der Waals surface area contributed by atoms with Crippen LogP contribution in [0.2, 0.25) is 0 Å². The predicted molar refractivity (Wildman–Crippen MR) is 108 cm³/mol. The number of ketones is 1. The van der Waals surface area contributed by atoms with Crippen molar-refractivity contribution in [3.05, 3.63) is 12.2 Å². The molecule has 0 aromatic carbocycles. The van der Waals surface area contributed by atoms with E-state index in [1.54, 1.807) is 6.08 Å². The molecule has 0 amide bonds. The highest BCUT2D eigenvalue weighted by atomic mass is 16.4. The van der Waals surface area contributed by atoms with Crippen LogP contribution >= 0.6 is 0 Å². The average molecular weight is 377 g/mol. The van der Waals surface area contributed by atoms with E-state index in [1.807, 2.05) is 6.08 Å². The predicted octanol–water partition coefficient (Wildman–Crippen LogP) is 4.90. The summed E-state index contributed by atoms with van der Waals surface area (Å²) >= 11 is 0. The topological polar surface area (TPSA) is 74.6 Å². The third kappa shape index (κ3) is 11.0. The SMILES string of the molecule is CCCCCCCC(=O)C=CC1CCC(O)C1CC#CCCCCC(=O)O. The fourth-order valence-corrected chi connectivity index (χ4v) is 3.59. The zero-order chi connectivity index (χ0) is 19.9. The summed E-state index contributed by atoms with van der Waals surface area (Å²) < 4.78 is 0. The van der Waals surface area contributed by atoms with Crippen LogP contribution in [0.4, 0.5) is 0 Å². The van der Waals surface area contributed by atoms with E-state index in [-0.39, 0.29) is 30.1 Å². The lowest BCUT2D eigenvalue weighted by atomic mass is 9.91. The van der Waals surface area contributed by atoms with Gasteiger partial charge in [-0.2, -0.15) is 0 Å². The molecule has 0 saturated heterocycles. The van der Waals surface area contributed by atoms with Crippen molar-refractivity contribution in [3.63, 3.8) is 0 Å². The zero-order valence-electron chi connectivity index (χ0n) is 16.8. The van der Waals surface area contributed by atoms with Gasteiger partial charge in [-0.3, -0.25) is 9.59 Å². The Morgan fingerprint density at radius 2 is 1.74 bits per heavy atom. The smallest absolute Gasteiger partial charge is 0.303 e. The van der Waals surface area contributed by atoms with E-state index in [0.29, 0.717) is 25.7 Å². The van der Waals surface area contributed by atoms with Gasteiger partial charge in [0.2, 0.25) is 0 Å². The second-order valence-electron chi connectivity index (χ2n) is 7.62. The number of allylic oxidation sites excluding steroid dienone is 2. The number of carboxylic acid groups (broad SMARTS) is 1. The van der Waals surface area contributed by atoms with Crippen LogP contribution in [0.1, 0.15) is 90.4 Å². The Morgan fingerprint density at radius 1 is 1.00 bits per heavy atom. The van der Waals surface area contributed by atoms with Crippen molar-refractivity contribution in [1.82, 2.24) is 0 Å². The van der Waals surface area contributed by atoms with Gasteiger partial charge >= 0.3 is 5.97 Å². The molecule has 1 fully saturated rings. The maximum absolute atomic E-state index is 12.0. The van der Waals surface area contributed by atoms with Gasteiger partial charge in [-0.05, 0) is 44.1 Å². The molecule has 0 radical (unpaired) electrons. The summed E-state index contributed by atoms with van der Waals surface area (Å²) in [6.07, 6.45) is 14.4. The number of rotatable bonds is 13. The number of hydrogen-bond donors (Lipinski definition) is 2. The minimum atomic E-state index is -0.762. The third-order valence-corrected chi connectivity index (χ3v) is 5.30. The van der Waals surface area contributed by atoms with E-state index < -0.39 is 5.97 Å². The molecule has 0 aromatic heterocycles. The van der Waals surface area contributed by atoms with Crippen LogP contribution in [0.5, 0.6) is 0 Å². The molecule has 0 aliphatic heterocycles. The molecule has 3 atom stereocenters. The zero-order valence-corrected chi connectivity index (χ0v) is 16.8. The van der Waals surface area contributed by atoms with Crippen molar-refractivity contribution in [1.29, 1.82) is 0 Å². The Hall–Kier alpha value is -1.60. The molecule has 1 rings (SSSR count). The Morgan fingerprint density at radius 3 is 2.48 bits per heavy atom. The van der Waals surface area contributed by atoms with Gasteiger partial charge in [0.1, 0.15) is 0 Å². The summed E-state index contributed by atoms with van der Waals surface area (Å²) in [4.78, 5) is 22.5. The van der Waals surface area contributed by atoms with Crippen LogP contribution in [0, 0.1) is 23.7 Å². The first-order chi connectivity index (χ1) is 13.0. The van der Waals surface area contributed by atoms with Gasteiger partial charge in [0.15, 0.2) is 5.78 Å². The van der Waals surface area contributed by atoms with Gasteiger partial charge in [0.25, 0.3) is 0 Å². The van der Waals surface area contributed by atoms with Crippen LogP contribution in [0.3, 0.4) is 0 Å². The molecule has 0 heterocycles. The highest BCUT2D eigenvalue weighted by Crippen LogP contribution is 2.35. The molecule has 2 N–H and O–H groups in total. The second kappa shape index (κ2) is 14.5. The van der Waals surface area contributed by atoms with E-state index in [9.17, 15) is 14.7 Å². The van der Waals surface area contributed by atoms with Crippen molar-refractivity contribution >= 4 is 11.8 Å². The highest BCUT2D eigenvalue weighted by molar-refractivity contribution is 5.89. The Balaban J connectivity index is 2.31. The van der Waals surface area contributed by atoms with Crippen molar-refractivity contribution in [3.8, 4) is 11.8 Å². The van der Waals surface area contributed by atoms with E-state index in [0.717, 1.165) is 32.1 Å². The Labute approximate surface area is 164 Å². The molecule has 4 nitrogen and oxygen atoms in total. The molecule has 0 bridgehead atoms. The summed E-state index contributed by atoms with van der Waals surface area (Å²) in [7, 11) is 0. The van der Waals surface area contributed by atoms with Gasteiger partial charge < -0.3 is 10.2 Å². The van der Waals surface area contributed by atoms with Gasteiger partial charge in [-0.15, -0.1) is 11.8 Å². The summed E-state index contributed by atoms with van der Waals surface area (Å²) in [5.41, 5.74) is 0. The van der Waals surface area contributed by atoms with Crippen molar-refractivity contribution in [2.75, 3.05) is 0 Å². The maximum Gasteiger partial charge on any atom is 0.303 e. The minimum absolute atomic E-state index is 0.102. The number of hydrogen-bond acceptors (Lipinski definition) is 3. The average Bonchev–Trinajstić information content (AvgIpc) is 2.98. The lowest BCUT2D eigenvalue weighted by Crippen LogP contribution is -2.17. The minimum Gasteiger partial charge on any atom is -0.481 e. The summed E-state index contributed by atoms with van der Waals surface area (Å²) in [5, 5.41) is 18.8. The molecule has 1 saturated carbocycles. The first-order valence-electron chi connectivity index (χ1n) is 10.6. The number of carbonyl (C=O) groups is 2. The standard InChI is InChI=1S/C23H36O4/c1-2-3-4-6-9-12-20(24)17-15-19-16-18-22(25)21(19)13-10-7-5-8-11-14-23(26)27/h15,17,19,21-22,25H,2-6,8-9,11-14,16,18H2,1H3,(H,26,27). The lowest BCUT2D eigenvalue weighted by molar-refractivity contribution is -0.137. The fraction of sp³-hybridized carbons (Fsp3) is 0.739. The van der Waals surface area contributed by atoms with Crippen LogP contribution in [-0.2, 0) is 9.59 Å². The van der Waals surface area contributed by atoms with Crippen LogP contribution < -0.4 is 0 Å². The normalized spacial score (nSPS) is 21.9. The molecule has 27 heavy (non-hydrogen) atoms. The molecule has 1 aliphatic carbocycles. The summed E-state index contributed by atoms with van der Waals surface area (Å²) in [5.74, 6) is 5.99. The monoisotopic (exact) mass is 376 g/mol. The second-order valence-corrected chi connectivity index (χ2v) is 7.62. The third-order valence-electron chi connectivity index (χ3n) is 5.30. The first kappa shape index (κ1) is 23.4. The molecule has 1 aliphatic rings. The molecule has 4 heteroatoms. The number of unbranched alkanes of at least 4 members (excludes halogenated alkanes) is 6. The largest absolute Gasteiger partial charge is 0.481 e. The number of aliphatic carboxylic acids is 1. The van der Waals surface area contributed by atoms with Crippen molar-refractivity contribution in [2.45, 2.75) is 96.5 Å². The quantitative estimate of drug-likeness (QED) is 0.272. The van der Waals surface area contributed by atoms with E-state index in [2.05, 4.69) is 18.8 Å². The Bertz CT molecular complexity index is 526. The van der Waals surface area contributed by atoms with Crippen LogP contribution in [0.15, 0.2) is 12.2 Å². The number of carbonyl (C=O) groups excluding carboxylic acids is 1. The maximum atomic E-state index is 12.0. The molecular weight excluding hydrogens is 340 g/mol. The number of aliphatic hydroxyl groups is 1. The van der Waals surface area contributed by atoms with Crippen molar-refractivity contribution in [2.24, 2.45) is 11.8 Å². The van der Waals surface area contributed by atoms with Gasteiger partial charge in [0.05, 0.1) is 6.10 Å². The molecular formula is C23H36O4. The van der Waals surface area contributed by atoms with Gasteiger partial charge in [0, 0.05) is 31.6 Å². The number of aliphatic hydroxyl groups excluding tert-OH is 1. The van der Waals surface area contributed by atoms with Crippen LogP contribution in [0.25, 0.3) is 0 Å². The van der Waals surface area contributed by atoms with Gasteiger partial charge in [-0.25, -0.2) is 0 Å². The first-order valence-corrected chi connectivity index (χ1v) is 10.6. The Kier molecular flexibility index (Phi) is 12.6. The fourth-order valence-electron chi connectivity index (χ4n) is 3.59. The molecule has 152 valence electrons. The molecule has 3 unspecified atom stereocenters. The van der Waals surface area contributed by atoms with Crippen molar-refractivity contribution < 1.29 is 19.8 Å². The van der Waals surface area contributed by atoms with Gasteiger partial charge in [-0.1, -0.05) is 38.7 Å².